The van der Waals surface area contributed by atoms with Crippen LogP contribution in [0.1, 0.15) is 0 Å². The molecule has 0 aliphatic heterocycles. The first kappa shape index (κ1) is 12.2. The quantitative estimate of drug-likeness (QED) is 0.845. The van der Waals surface area contributed by atoms with Crippen LogP contribution >= 0.6 is 0 Å². The lowest BCUT2D eigenvalue weighted by Crippen LogP contribution is -2.13. The van der Waals surface area contributed by atoms with Crippen molar-refractivity contribution in [2.75, 3.05) is 24.8 Å². The van der Waals surface area contributed by atoms with E-state index in [1.807, 2.05) is 12.1 Å². The van der Waals surface area contributed by atoms with Gasteiger partial charge in [-0.3, -0.25) is 0 Å². The third kappa shape index (κ3) is 2.09. The summed E-state index contributed by atoms with van der Waals surface area (Å²) in [6.07, 6.45) is 0. The summed E-state index contributed by atoms with van der Waals surface area (Å²) in [5.41, 5.74) is 7.66. The van der Waals surface area contributed by atoms with Crippen molar-refractivity contribution < 1.29 is 9.13 Å². The van der Waals surface area contributed by atoms with Gasteiger partial charge in [0.25, 0.3) is 0 Å². The number of anilines is 3. The summed E-state index contributed by atoms with van der Waals surface area (Å²) in [7, 11) is 3.32. The Bertz CT molecular complexity index is 557. The van der Waals surface area contributed by atoms with Crippen molar-refractivity contribution in [3.8, 4) is 5.75 Å². The molecule has 2 N–H and O–H groups in total. The first-order chi connectivity index (χ1) is 8.65. The summed E-state index contributed by atoms with van der Waals surface area (Å²) < 4.78 is 18.9. The Hall–Kier alpha value is -2.23. The predicted octanol–water partition coefficient (Wildman–Crippen LogP) is 3.18. The number of rotatable bonds is 3. The summed E-state index contributed by atoms with van der Waals surface area (Å²) >= 11 is 0. The Morgan fingerprint density at radius 2 is 1.72 bits per heavy atom. The van der Waals surface area contributed by atoms with Gasteiger partial charge in [0.2, 0.25) is 0 Å². The lowest BCUT2D eigenvalue weighted by Gasteiger charge is -2.22. The number of hydrogen-bond donors (Lipinski definition) is 1. The van der Waals surface area contributed by atoms with Crippen molar-refractivity contribution in [2.45, 2.75) is 0 Å². The zero-order valence-electron chi connectivity index (χ0n) is 10.4. The van der Waals surface area contributed by atoms with Crippen LogP contribution < -0.4 is 15.4 Å². The number of para-hydroxylation sites is 2. The number of methoxy groups -OCH3 is 1. The molecule has 0 aromatic heterocycles. The number of hydrogen-bond acceptors (Lipinski definition) is 3. The summed E-state index contributed by atoms with van der Waals surface area (Å²) in [6.45, 7) is 0. The molecule has 4 heteroatoms. The maximum absolute atomic E-state index is 13.7. The van der Waals surface area contributed by atoms with Gasteiger partial charge in [-0.2, -0.15) is 0 Å². The van der Waals surface area contributed by atoms with Crippen LogP contribution in [-0.4, -0.2) is 14.2 Å². The van der Waals surface area contributed by atoms with E-state index in [2.05, 4.69) is 0 Å². The molecule has 18 heavy (non-hydrogen) atoms. The minimum Gasteiger partial charge on any atom is -0.495 e. The molecule has 0 bridgehead atoms. The highest BCUT2D eigenvalue weighted by molar-refractivity contribution is 5.78. The van der Waals surface area contributed by atoms with Gasteiger partial charge in [-0.15, -0.1) is 0 Å². The van der Waals surface area contributed by atoms with Gasteiger partial charge in [0.1, 0.15) is 11.6 Å². The molecule has 0 amide bonds. The van der Waals surface area contributed by atoms with Gasteiger partial charge in [0.15, 0.2) is 0 Å². The molecule has 0 saturated heterocycles. The molecule has 0 unspecified atom stereocenters. The topological polar surface area (TPSA) is 38.5 Å². The van der Waals surface area contributed by atoms with Gasteiger partial charge >= 0.3 is 0 Å². The Kier molecular flexibility index (Phi) is 3.37. The molecule has 0 radical (unpaired) electrons. The minimum absolute atomic E-state index is 0.290. The molecule has 0 heterocycles. The Balaban J connectivity index is 2.47. The minimum atomic E-state index is -0.290. The van der Waals surface area contributed by atoms with Crippen molar-refractivity contribution in [3.05, 3.63) is 48.3 Å². The second-order valence-electron chi connectivity index (χ2n) is 3.90. The highest BCUT2D eigenvalue weighted by Gasteiger charge is 2.13. The van der Waals surface area contributed by atoms with Crippen molar-refractivity contribution in [1.82, 2.24) is 0 Å². The largest absolute Gasteiger partial charge is 0.495 e. The van der Waals surface area contributed by atoms with Crippen LogP contribution in [0.2, 0.25) is 0 Å². The normalized spacial score (nSPS) is 10.2. The van der Waals surface area contributed by atoms with Crippen molar-refractivity contribution >= 4 is 17.1 Å². The molecule has 0 aliphatic carbocycles. The molecule has 2 aromatic carbocycles. The Labute approximate surface area is 106 Å². The number of nitrogens with zero attached hydrogens (tertiary/aromatic N) is 1. The van der Waals surface area contributed by atoms with Crippen LogP contribution in [0.5, 0.6) is 5.75 Å². The molecule has 0 fully saturated rings. The molecular formula is C14H15FN2O. The highest BCUT2D eigenvalue weighted by atomic mass is 19.1. The zero-order chi connectivity index (χ0) is 13.1. The number of benzene rings is 2. The van der Waals surface area contributed by atoms with E-state index in [0.717, 1.165) is 0 Å². The van der Waals surface area contributed by atoms with Crippen LogP contribution in [-0.2, 0) is 0 Å². The maximum atomic E-state index is 13.7. The van der Waals surface area contributed by atoms with E-state index in [1.165, 1.54) is 6.07 Å². The summed E-state index contributed by atoms with van der Waals surface area (Å²) in [6, 6.07) is 12.0. The van der Waals surface area contributed by atoms with Crippen LogP contribution in [0.25, 0.3) is 0 Å². The number of nitrogen functional groups attached to an aromatic ring is 1. The third-order valence-corrected chi connectivity index (χ3v) is 2.84. The molecule has 0 saturated carbocycles. The van der Waals surface area contributed by atoms with Gasteiger partial charge in [0, 0.05) is 7.05 Å². The van der Waals surface area contributed by atoms with Gasteiger partial charge < -0.3 is 15.4 Å². The van der Waals surface area contributed by atoms with E-state index in [1.54, 1.807) is 43.3 Å². The van der Waals surface area contributed by atoms with Crippen molar-refractivity contribution in [1.29, 1.82) is 0 Å². The molecule has 0 aliphatic rings. The van der Waals surface area contributed by atoms with Crippen LogP contribution in [0, 0.1) is 5.82 Å². The smallest absolute Gasteiger partial charge is 0.146 e. The second-order valence-corrected chi connectivity index (χ2v) is 3.90. The summed E-state index contributed by atoms with van der Waals surface area (Å²) in [4.78, 5) is 1.70. The molecule has 3 nitrogen and oxygen atoms in total. The fourth-order valence-electron chi connectivity index (χ4n) is 1.86. The van der Waals surface area contributed by atoms with Crippen LogP contribution in [0.15, 0.2) is 42.5 Å². The average molecular weight is 246 g/mol. The van der Waals surface area contributed by atoms with Gasteiger partial charge in [-0.25, -0.2) is 4.39 Å². The third-order valence-electron chi connectivity index (χ3n) is 2.84. The molecule has 0 atom stereocenters. The van der Waals surface area contributed by atoms with Crippen molar-refractivity contribution in [3.63, 3.8) is 0 Å². The lowest BCUT2D eigenvalue weighted by molar-refractivity contribution is 0.417. The number of nitrogens with two attached hydrogens (primary N) is 1. The Morgan fingerprint density at radius 3 is 2.39 bits per heavy atom. The maximum Gasteiger partial charge on any atom is 0.146 e. The van der Waals surface area contributed by atoms with Gasteiger partial charge in [-0.1, -0.05) is 18.2 Å². The average Bonchev–Trinajstić information content (AvgIpc) is 2.39. The number of ether oxygens (including phenoxy) is 1. The van der Waals surface area contributed by atoms with Crippen LogP contribution in [0.3, 0.4) is 0 Å². The Morgan fingerprint density at radius 1 is 1.06 bits per heavy atom. The first-order valence-corrected chi connectivity index (χ1v) is 5.56. The SMILES string of the molecule is COc1cccc(N(C)c2ccccc2F)c1N. The van der Waals surface area contributed by atoms with Gasteiger partial charge in [-0.05, 0) is 24.3 Å². The van der Waals surface area contributed by atoms with E-state index in [0.29, 0.717) is 22.8 Å². The fraction of sp³-hybridized carbons (Fsp3) is 0.143. The summed E-state index contributed by atoms with van der Waals surface area (Å²) in [5, 5.41) is 0. The van der Waals surface area contributed by atoms with Crippen LogP contribution in [0.4, 0.5) is 21.5 Å². The van der Waals surface area contributed by atoms with E-state index in [-0.39, 0.29) is 5.82 Å². The van der Waals surface area contributed by atoms with E-state index in [9.17, 15) is 4.39 Å². The van der Waals surface area contributed by atoms with E-state index in [4.69, 9.17) is 10.5 Å². The molecule has 0 spiro atoms. The first-order valence-electron chi connectivity index (χ1n) is 5.56. The molecule has 2 aromatic rings. The standard InChI is InChI=1S/C14H15FN2O/c1-17(11-7-4-3-6-10(11)15)12-8-5-9-13(18-2)14(12)16/h3-9H,16H2,1-2H3. The molecule has 2 rings (SSSR count). The zero-order valence-corrected chi connectivity index (χ0v) is 10.4. The molecule has 94 valence electrons. The predicted molar refractivity (Wildman–Crippen MR) is 71.9 cm³/mol. The second kappa shape index (κ2) is 4.96. The summed E-state index contributed by atoms with van der Waals surface area (Å²) in [5.74, 6) is 0.290. The monoisotopic (exact) mass is 246 g/mol. The van der Waals surface area contributed by atoms with Crippen molar-refractivity contribution in [2.24, 2.45) is 0 Å². The van der Waals surface area contributed by atoms with E-state index >= 15 is 0 Å². The van der Waals surface area contributed by atoms with E-state index < -0.39 is 0 Å². The number of halogens is 1. The fourth-order valence-corrected chi connectivity index (χ4v) is 1.86. The highest BCUT2D eigenvalue weighted by Crippen LogP contribution is 2.35. The lowest BCUT2D eigenvalue weighted by atomic mass is 10.2. The van der Waals surface area contributed by atoms with Gasteiger partial charge in [0.05, 0.1) is 24.2 Å². The molecular weight excluding hydrogens is 231 g/mol.